The Morgan fingerprint density at radius 3 is 1.00 bits per heavy atom. The SMILES string of the molecule is O=C1C(=Cc2ccc(N(c3ccccc3)c3ccc(-c4ccc(N(c5ccccc5)c5ccc(C=C6C(=O)c7ccccc7S6(=O)=O)c6ccccc56)cc4)cc3)c3ccccc23)S(=O)(=O)c2ccccc21. The fraction of sp³-hybridized carbons (Fsp3) is 0. The topological polar surface area (TPSA) is 109 Å². The molecule has 2 heterocycles. The third-order valence-electron chi connectivity index (χ3n) is 13.4. The highest BCUT2D eigenvalue weighted by molar-refractivity contribution is 7.97. The molecule has 0 N–H and O–H groups in total. The maximum Gasteiger partial charge on any atom is 0.211 e. The van der Waals surface area contributed by atoms with Gasteiger partial charge in [0.15, 0.2) is 0 Å². The molecule has 0 aromatic heterocycles. The molecule has 0 bridgehead atoms. The Labute approximate surface area is 416 Å². The van der Waals surface area contributed by atoms with Crippen molar-refractivity contribution in [1.82, 2.24) is 0 Å². The van der Waals surface area contributed by atoms with Crippen molar-refractivity contribution in [3.8, 4) is 11.1 Å². The number of hydrogen-bond acceptors (Lipinski definition) is 8. The molecule has 2 aliphatic rings. The first kappa shape index (κ1) is 44.3. The number of para-hydroxylation sites is 2. The van der Waals surface area contributed by atoms with Crippen LogP contribution < -0.4 is 9.80 Å². The lowest BCUT2D eigenvalue weighted by Gasteiger charge is -2.28. The van der Waals surface area contributed by atoms with Gasteiger partial charge in [-0.3, -0.25) is 9.59 Å². The minimum atomic E-state index is -3.99. The Balaban J connectivity index is 0.889. The predicted octanol–water partition coefficient (Wildman–Crippen LogP) is 14.6. The monoisotopic (exact) mass is 972 g/mol. The summed E-state index contributed by atoms with van der Waals surface area (Å²) in [7, 11) is -7.97. The lowest BCUT2D eigenvalue weighted by atomic mass is 9.99. The molecule has 10 aromatic rings. The van der Waals surface area contributed by atoms with E-state index in [1.807, 2.05) is 133 Å². The number of ketones is 2. The van der Waals surface area contributed by atoms with Gasteiger partial charge < -0.3 is 9.80 Å². The number of anilines is 6. The summed E-state index contributed by atoms with van der Waals surface area (Å²) in [6, 6.07) is 72.8. The molecule has 0 unspecified atom stereocenters. The predicted molar refractivity (Wildman–Crippen MR) is 288 cm³/mol. The van der Waals surface area contributed by atoms with E-state index in [4.69, 9.17) is 0 Å². The lowest BCUT2D eigenvalue weighted by Crippen LogP contribution is -2.11. The zero-order valence-electron chi connectivity index (χ0n) is 38.3. The van der Waals surface area contributed by atoms with Crippen LogP contribution in [-0.4, -0.2) is 28.4 Å². The van der Waals surface area contributed by atoms with E-state index in [1.54, 1.807) is 36.4 Å². The summed E-state index contributed by atoms with van der Waals surface area (Å²) in [5, 5.41) is 3.35. The van der Waals surface area contributed by atoms with Gasteiger partial charge in [-0.15, -0.1) is 0 Å². The van der Waals surface area contributed by atoms with Gasteiger partial charge in [-0.25, -0.2) is 16.8 Å². The van der Waals surface area contributed by atoms with Gasteiger partial charge in [0.25, 0.3) is 0 Å². The van der Waals surface area contributed by atoms with Crippen molar-refractivity contribution in [3.63, 3.8) is 0 Å². The third kappa shape index (κ3) is 7.35. The molecular formula is C62H40N2O6S2. The molecule has 2 aliphatic heterocycles. The summed E-state index contributed by atoms with van der Waals surface area (Å²) in [5.74, 6) is -1.01. The number of Topliss-reactive ketones (excluding diaryl/α,β-unsaturated/α-hetero) is 2. The Hall–Kier alpha value is -8.96. The number of fused-ring (bicyclic) bond motifs is 4. The summed E-state index contributed by atoms with van der Waals surface area (Å²) >= 11 is 0. The van der Waals surface area contributed by atoms with Crippen LogP contribution in [0, 0.1) is 0 Å². The van der Waals surface area contributed by atoms with Crippen LogP contribution in [-0.2, 0) is 19.7 Å². The molecular weight excluding hydrogens is 933 g/mol. The average Bonchev–Trinajstić information content (AvgIpc) is 3.74. The van der Waals surface area contributed by atoms with Crippen molar-refractivity contribution >= 4 is 99.1 Å². The van der Waals surface area contributed by atoms with E-state index in [2.05, 4.69) is 58.3 Å². The third-order valence-corrected chi connectivity index (χ3v) is 17.0. The molecule has 0 aliphatic carbocycles. The highest BCUT2D eigenvalue weighted by atomic mass is 32.2. The molecule has 0 amide bonds. The molecule has 8 nitrogen and oxygen atoms in total. The molecule has 12 rings (SSSR count). The molecule has 0 fully saturated rings. The molecule has 72 heavy (non-hydrogen) atoms. The van der Waals surface area contributed by atoms with Gasteiger partial charge in [0.05, 0.1) is 21.2 Å². The van der Waals surface area contributed by atoms with Crippen LogP contribution >= 0.6 is 0 Å². The van der Waals surface area contributed by atoms with Gasteiger partial charge in [-0.1, -0.05) is 146 Å². The van der Waals surface area contributed by atoms with E-state index in [0.29, 0.717) is 11.1 Å². The van der Waals surface area contributed by atoms with Gasteiger partial charge in [0.2, 0.25) is 31.2 Å². The van der Waals surface area contributed by atoms with Gasteiger partial charge in [-0.2, -0.15) is 0 Å². The van der Waals surface area contributed by atoms with Crippen molar-refractivity contribution in [2.24, 2.45) is 0 Å². The number of rotatable bonds is 9. The van der Waals surface area contributed by atoms with Gasteiger partial charge >= 0.3 is 0 Å². The zero-order valence-corrected chi connectivity index (χ0v) is 39.9. The number of allylic oxidation sites excluding steroid dienone is 2. The minimum absolute atomic E-state index is 0.0331. The summed E-state index contributed by atoms with van der Waals surface area (Å²) < 4.78 is 54.4. The number of sulfone groups is 2. The molecule has 0 saturated carbocycles. The van der Waals surface area contributed by atoms with Gasteiger partial charge in [0.1, 0.15) is 9.81 Å². The van der Waals surface area contributed by atoms with E-state index in [9.17, 15) is 26.4 Å². The Morgan fingerprint density at radius 1 is 0.306 bits per heavy atom. The quantitative estimate of drug-likeness (QED) is 0.132. The van der Waals surface area contributed by atoms with E-state index < -0.39 is 31.2 Å². The fourth-order valence-electron chi connectivity index (χ4n) is 9.96. The van der Waals surface area contributed by atoms with E-state index in [1.165, 1.54) is 24.3 Å². The second-order valence-electron chi connectivity index (χ2n) is 17.5. The highest BCUT2D eigenvalue weighted by Gasteiger charge is 2.40. The first-order chi connectivity index (χ1) is 35.1. The largest absolute Gasteiger partial charge is 0.310 e. The van der Waals surface area contributed by atoms with Crippen molar-refractivity contribution in [1.29, 1.82) is 0 Å². The highest BCUT2D eigenvalue weighted by Crippen LogP contribution is 2.45. The number of nitrogens with zero attached hydrogens (tertiary/aromatic N) is 2. The van der Waals surface area contributed by atoms with Crippen LogP contribution in [0.5, 0.6) is 0 Å². The van der Waals surface area contributed by atoms with Crippen LogP contribution in [0.25, 0.3) is 44.8 Å². The Bertz CT molecular complexity index is 3880. The molecule has 10 heteroatoms. The second kappa shape index (κ2) is 17.5. The fourth-order valence-corrected chi connectivity index (χ4v) is 13.1. The Kier molecular flexibility index (Phi) is 10.7. The van der Waals surface area contributed by atoms with Crippen LogP contribution in [0.15, 0.2) is 250 Å². The van der Waals surface area contributed by atoms with Crippen molar-refractivity contribution < 1.29 is 26.4 Å². The molecule has 0 atom stereocenters. The lowest BCUT2D eigenvalue weighted by molar-refractivity contribution is 0.103. The standard InChI is InChI=1S/C62H40N2O6S2/c65-61-53-23-11-13-25-57(53)71(67,68)59(61)39-43-31-37-55(51-21-9-7-19-49(43)51)63(45-15-3-1-4-16-45)47-33-27-41(28-34-47)42-29-35-48(36-30-42)64(46-17-5-2-6-18-46)56-38-32-44(50-20-8-10-22-52(50)56)40-60-62(66)54-24-12-14-26-58(54)72(60,69)70/h1-40H. The number of carbonyl (C=O) groups excluding carboxylic acids is 2. The van der Waals surface area contributed by atoms with Crippen LogP contribution in [0.3, 0.4) is 0 Å². The molecule has 0 spiro atoms. The molecule has 0 saturated heterocycles. The van der Waals surface area contributed by atoms with Crippen molar-refractivity contribution in [2.75, 3.05) is 9.80 Å². The van der Waals surface area contributed by atoms with E-state index in [-0.39, 0.29) is 30.7 Å². The average molecular weight is 973 g/mol. The number of carbonyl (C=O) groups is 2. The zero-order chi connectivity index (χ0) is 49.1. The van der Waals surface area contributed by atoms with Crippen LogP contribution in [0.2, 0.25) is 0 Å². The molecule has 346 valence electrons. The first-order valence-electron chi connectivity index (χ1n) is 23.2. The normalized spacial score (nSPS) is 15.5. The van der Waals surface area contributed by atoms with E-state index >= 15 is 0 Å². The van der Waals surface area contributed by atoms with Crippen LogP contribution in [0.1, 0.15) is 31.8 Å². The maximum absolute atomic E-state index is 13.6. The second-order valence-corrected chi connectivity index (χ2v) is 21.3. The van der Waals surface area contributed by atoms with Gasteiger partial charge in [0, 0.05) is 44.6 Å². The maximum atomic E-state index is 13.6. The van der Waals surface area contributed by atoms with E-state index in [0.717, 1.165) is 66.8 Å². The first-order valence-corrected chi connectivity index (χ1v) is 26.2. The molecule has 10 aromatic carbocycles. The summed E-state index contributed by atoms with van der Waals surface area (Å²) in [6.45, 7) is 0. The van der Waals surface area contributed by atoms with Crippen LogP contribution in [0.4, 0.5) is 34.1 Å². The van der Waals surface area contributed by atoms with Crippen molar-refractivity contribution in [2.45, 2.75) is 9.79 Å². The summed E-state index contributed by atoms with van der Waals surface area (Å²) in [4.78, 5) is 30.9. The smallest absolute Gasteiger partial charge is 0.211 e. The minimum Gasteiger partial charge on any atom is -0.310 e. The van der Waals surface area contributed by atoms with Crippen molar-refractivity contribution in [3.05, 3.63) is 263 Å². The number of benzene rings is 10. The van der Waals surface area contributed by atoms with Gasteiger partial charge in [-0.05, 0) is 130 Å². The number of hydrogen-bond donors (Lipinski definition) is 0. The molecule has 0 radical (unpaired) electrons. The summed E-state index contributed by atoms with van der Waals surface area (Å²) in [6.07, 6.45) is 3.01. The Morgan fingerprint density at radius 2 is 0.625 bits per heavy atom. The summed E-state index contributed by atoms with van der Waals surface area (Å²) in [5.41, 5.74) is 9.04.